The van der Waals surface area contributed by atoms with Crippen LogP contribution in [0.5, 0.6) is 11.5 Å². The van der Waals surface area contributed by atoms with E-state index in [0.29, 0.717) is 0 Å². The highest BCUT2D eigenvalue weighted by molar-refractivity contribution is 6.74. The number of hydrogen-bond acceptors (Lipinski definition) is 15. The summed E-state index contributed by atoms with van der Waals surface area (Å²) in [5.74, 6) is -2.90. The number of carbonyl (C=O) groups is 8. The molecule has 0 bridgehead atoms. The van der Waals surface area contributed by atoms with E-state index in [1.54, 1.807) is 39.8 Å². The normalized spacial score (nSPS) is 17.3. The van der Waals surface area contributed by atoms with E-state index in [1.807, 2.05) is 146 Å². The molecule has 8 atom stereocenters. The quantitative estimate of drug-likeness (QED) is 0.0153. The average Bonchev–Trinajstić information content (AvgIpc) is 1.63. The van der Waals surface area contributed by atoms with Crippen LogP contribution < -0.4 is 31.8 Å². The van der Waals surface area contributed by atoms with Gasteiger partial charge in [-0.25, -0.2) is 9.59 Å². The van der Waals surface area contributed by atoms with Gasteiger partial charge in [-0.2, -0.15) is 0 Å². The number of benzene rings is 6. The number of aromatic nitrogens is 2. The van der Waals surface area contributed by atoms with E-state index in [-0.39, 0.29) is 105 Å². The van der Waals surface area contributed by atoms with E-state index in [9.17, 15) is 43.5 Å². The Kier molecular flexibility index (Phi) is 24.6. The lowest BCUT2D eigenvalue weighted by Crippen LogP contribution is -2.50. The zero-order valence-corrected chi connectivity index (χ0v) is 58.2. The lowest BCUT2D eigenvalue weighted by atomic mass is 9.89. The van der Waals surface area contributed by atoms with Crippen molar-refractivity contribution in [3.63, 3.8) is 0 Å². The molecule has 10 N–H and O–H groups in total. The Morgan fingerprint density at radius 1 is 0.520 bits per heavy atom. The molecule has 21 nitrogen and oxygen atoms in total. The molecule has 0 unspecified atom stereocenters. The van der Waals surface area contributed by atoms with Crippen LogP contribution in [-0.4, -0.2) is 119 Å². The molecule has 4 amide bonds. The summed E-state index contributed by atoms with van der Waals surface area (Å²) in [6, 6.07) is 44.3. The zero-order valence-electron chi connectivity index (χ0n) is 57.2. The van der Waals surface area contributed by atoms with E-state index < -0.39 is 79.5 Å². The summed E-state index contributed by atoms with van der Waals surface area (Å²) in [5, 5.41) is 22.7. The molecule has 2 saturated heterocycles. The summed E-state index contributed by atoms with van der Waals surface area (Å²) in [7, 11) is -2.05. The van der Waals surface area contributed by atoms with Crippen LogP contribution in [-0.2, 0) is 86.6 Å². The molecule has 98 heavy (non-hydrogen) atoms. The number of nitrogens with one attached hydrogen (secondary N) is 6. The standard InChI is InChI=1S/C41H51N3O7Si.C35H37N3O7.H3N/c1-27(43-39(48)49-25-29-13-9-8-10-14-29)36(45)23-30(22-31-24-42-34-16-12-11-15-33(31)34)38(47)44-35(37(46)41(5)26-50-41)21-28-17-19-32(20-18-28)51-52(6,7)40(2,3)4;1-22(37-34(43)44-20-24-8-4-3-5-9-24)31(40)18-25(17-26-19-36-29-11-7-6-10-28(26)29)33(42)38-30(32(41)35(2)21-45-35)16-23-12-14-27(39)15-13-23;/h8-20,24,27,30,35,42H,21-23,25-26H2,1-7H3,(H,43,48)(H,44,47);3-15,19,22,25,30,36,39H,16-18,20-21H2,1-2H3,(H,37,43)(H,38,42);1H3/t27-,30-,35+,41-;22-,25-,30+,35-;/m11./s1. The lowest BCUT2D eigenvalue weighted by Gasteiger charge is -2.36. The second-order valence-electron chi connectivity index (χ2n) is 27.2. The minimum absolute atomic E-state index is 0. The fourth-order valence-electron chi connectivity index (χ4n) is 11.0. The maximum Gasteiger partial charge on any atom is 0.408 e. The minimum Gasteiger partial charge on any atom is -0.544 e. The van der Waals surface area contributed by atoms with E-state index >= 15 is 0 Å². The molecule has 2 aromatic heterocycles. The van der Waals surface area contributed by atoms with Gasteiger partial charge in [-0.3, -0.25) is 28.8 Å². The number of aromatic amines is 2. The van der Waals surface area contributed by atoms with E-state index in [2.05, 4.69) is 65.1 Å². The summed E-state index contributed by atoms with van der Waals surface area (Å²) >= 11 is 0. The molecule has 0 radical (unpaired) electrons. The zero-order chi connectivity index (χ0) is 69.7. The van der Waals surface area contributed by atoms with Gasteiger partial charge in [0.25, 0.3) is 0 Å². The topological polar surface area (TPSA) is 324 Å². The van der Waals surface area contributed by atoms with Crippen LogP contribution in [0.3, 0.4) is 0 Å². The average molecular weight is 1350 g/mol. The van der Waals surface area contributed by atoms with Crippen LogP contribution in [0.4, 0.5) is 9.59 Å². The molecular weight excluding hydrogens is 1260 g/mol. The van der Waals surface area contributed by atoms with Crippen LogP contribution in [0, 0.1) is 11.8 Å². The van der Waals surface area contributed by atoms with E-state index in [0.717, 1.165) is 60.9 Å². The fraction of sp³-hybridized carbons (Fsp3) is 0.368. The Morgan fingerprint density at radius 2 is 0.888 bits per heavy atom. The highest BCUT2D eigenvalue weighted by atomic mass is 28.4. The third kappa shape index (κ3) is 20.2. The van der Waals surface area contributed by atoms with Crippen LogP contribution in [0.15, 0.2) is 170 Å². The Labute approximate surface area is 572 Å². The first-order valence-electron chi connectivity index (χ1n) is 32.8. The Balaban J connectivity index is 0.000000250. The van der Waals surface area contributed by atoms with Gasteiger partial charge >= 0.3 is 12.2 Å². The molecule has 0 spiro atoms. The van der Waals surface area contributed by atoms with Crippen molar-refractivity contribution in [3.05, 3.63) is 203 Å². The third-order valence-electron chi connectivity index (χ3n) is 18.4. The van der Waals surface area contributed by atoms with Gasteiger partial charge in [0.1, 0.15) is 35.9 Å². The molecule has 6 aromatic carbocycles. The predicted octanol–water partition coefficient (Wildman–Crippen LogP) is 11.6. The summed E-state index contributed by atoms with van der Waals surface area (Å²) in [5.41, 5.74) is 4.76. The van der Waals surface area contributed by atoms with Crippen molar-refractivity contribution in [3.8, 4) is 11.5 Å². The number of ketones is 4. The van der Waals surface area contributed by atoms with Gasteiger partial charge in [0.15, 0.2) is 23.1 Å². The monoisotopic (exact) mass is 1350 g/mol. The molecule has 0 saturated carbocycles. The Morgan fingerprint density at radius 3 is 1.27 bits per heavy atom. The number of epoxide rings is 2. The maximum absolute atomic E-state index is 14.2. The molecular formula is C76H91N7O14Si. The van der Waals surface area contributed by atoms with Gasteiger partial charge in [0.05, 0.1) is 37.4 Å². The summed E-state index contributed by atoms with van der Waals surface area (Å²) < 4.78 is 27.9. The maximum atomic E-state index is 14.2. The molecule has 2 aliphatic rings. The summed E-state index contributed by atoms with van der Waals surface area (Å²) in [4.78, 5) is 114. The van der Waals surface area contributed by atoms with Gasteiger partial charge in [0.2, 0.25) is 20.1 Å². The summed E-state index contributed by atoms with van der Waals surface area (Å²) in [6.45, 7) is 18.1. The number of amides is 4. The van der Waals surface area contributed by atoms with Crippen LogP contribution in [0.1, 0.15) is 94.7 Å². The number of fused-ring (bicyclic) bond motifs is 2. The predicted molar refractivity (Wildman–Crippen MR) is 376 cm³/mol. The number of phenolic OH excluding ortho intramolecular Hbond substituents is 1. The number of alkyl carbamates (subject to hydrolysis) is 2. The number of Topliss-reactive ketones (excluding diaryl/α,β-unsaturated/α-hetero) is 4. The van der Waals surface area contributed by atoms with Crippen molar-refractivity contribution in [1.29, 1.82) is 0 Å². The molecule has 22 heteroatoms. The van der Waals surface area contributed by atoms with Crippen molar-refractivity contribution in [1.82, 2.24) is 37.4 Å². The number of phenols is 1. The Hall–Kier alpha value is -9.74. The van der Waals surface area contributed by atoms with Gasteiger partial charge in [-0.15, -0.1) is 0 Å². The van der Waals surface area contributed by atoms with Crippen molar-refractivity contribution in [2.75, 3.05) is 13.2 Å². The number of rotatable bonds is 30. The molecule has 2 aliphatic heterocycles. The largest absolute Gasteiger partial charge is 0.544 e. The van der Waals surface area contributed by atoms with Crippen LogP contribution in [0.2, 0.25) is 18.1 Å². The number of para-hydroxylation sites is 2. The molecule has 10 rings (SSSR count). The van der Waals surface area contributed by atoms with Gasteiger partial charge < -0.3 is 65.9 Å². The SMILES string of the molecule is C[C@@H](NC(=O)OCc1ccccc1)C(=O)C[C@@H](Cc1c[nH]c2ccccc12)C(=O)N[C@@H](Cc1ccc(O)cc1)C(=O)[C@@]1(C)CO1.C[C@@H](NC(=O)OCc1ccccc1)C(=O)C[C@@H](Cc1c[nH]c2ccccc12)C(=O)N[C@@H](Cc1ccc(O[Si](C)(C)C(C)(C)C)cc1)C(=O)[C@@]1(C)CO1.N. The molecule has 0 aliphatic carbocycles. The van der Waals surface area contributed by atoms with Gasteiger partial charge in [0, 0.05) is 58.9 Å². The van der Waals surface area contributed by atoms with Crippen molar-refractivity contribution in [2.45, 2.75) is 154 Å². The Bertz CT molecular complexity index is 4070. The fourth-order valence-corrected chi connectivity index (χ4v) is 12.0. The number of aromatic hydroxyl groups is 1. The van der Waals surface area contributed by atoms with Crippen molar-refractivity contribution < 1.29 is 66.8 Å². The third-order valence-corrected chi connectivity index (χ3v) is 22.7. The molecule has 8 aromatic rings. The van der Waals surface area contributed by atoms with Gasteiger partial charge in [-0.1, -0.05) is 142 Å². The number of H-pyrrole nitrogens is 2. The minimum atomic E-state index is -2.05. The van der Waals surface area contributed by atoms with Crippen LogP contribution >= 0.6 is 0 Å². The smallest absolute Gasteiger partial charge is 0.408 e. The highest BCUT2D eigenvalue weighted by Gasteiger charge is 2.51. The van der Waals surface area contributed by atoms with Gasteiger partial charge in [-0.05, 0) is 141 Å². The van der Waals surface area contributed by atoms with E-state index in [1.165, 1.54) is 12.1 Å². The number of ether oxygens (including phenoxy) is 4. The van der Waals surface area contributed by atoms with Crippen LogP contribution in [0.25, 0.3) is 21.8 Å². The van der Waals surface area contributed by atoms with Crippen molar-refractivity contribution in [2.24, 2.45) is 11.8 Å². The molecule has 2 fully saturated rings. The number of hydrogen-bond donors (Lipinski definition) is 8. The number of carbonyl (C=O) groups excluding carboxylic acids is 8. The first-order chi connectivity index (χ1) is 46.2. The first-order valence-corrected chi connectivity index (χ1v) is 35.7. The second-order valence-corrected chi connectivity index (χ2v) is 31.9. The molecule has 4 heterocycles. The second kappa shape index (κ2) is 32.5. The van der Waals surface area contributed by atoms with Crippen molar-refractivity contribution >= 4 is 77.3 Å². The summed E-state index contributed by atoms with van der Waals surface area (Å²) in [6.07, 6.45) is 2.72. The first kappa shape index (κ1) is 74.1. The van der Waals surface area contributed by atoms with E-state index in [4.69, 9.17) is 23.4 Å². The highest BCUT2D eigenvalue weighted by Crippen LogP contribution is 2.38. The molecule has 518 valence electrons. The lowest BCUT2D eigenvalue weighted by molar-refractivity contribution is -0.134.